The fourth-order valence-corrected chi connectivity index (χ4v) is 1.41. The Kier molecular flexibility index (Phi) is 5.86. The topological polar surface area (TPSA) is 50.7 Å². The summed E-state index contributed by atoms with van der Waals surface area (Å²) in [5.74, 6) is 0.0455. The van der Waals surface area contributed by atoms with Crippen LogP contribution in [0.5, 0.6) is 11.5 Å². The molecule has 1 atom stereocenters. The first-order valence-electron chi connectivity index (χ1n) is 6.47. The Hall–Kier alpha value is -1.47. The van der Waals surface area contributed by atoms with Gasteiger partial charge in [0.15, 0.2) is 0 Å². The molecule has 1 rings (SSSR count). The largest absolute Gasteiger partial charge is 0.573 e. The third-order valence-electron chi connectivity index (χ3n) is 2.37. The van der Waals surface area contributed by atoms with Gasteiger partial charge in [0, 0.05) is 12.1 Å². The van der Waals surface area contributed by atoms with E-state index in [1.54, 1.807) is 0 Å². The summed E-state index contributed by atoms with van der Waals surface area (Å²) in [6, 6.07) is 5.02. The van der Waals surface area contributed by atoms with Gasteiger partial charge in [-0.25, -0.2) is 0 Å². The van der Waals surface area contributed by atoms with Gasteiger partial charge < -0.3 is 19.9 Å². The Morgan fingerprint density at radius 3 is 2.10 bits per heavy atom. The van der Waals surface area contributed by atoms with Crippen LogP contribution in [0.25, 0.3) is 0 Å². The minimum absolute atomic E-state index is 0.0442. The van der Waals surface area contributed by atoms with Gasteiger partial charge in [-0.2, -0.15) is 0 Å². The molecule has 1 aromatic rings. The van der Waals surface area contributed by atoms with Crippen LogP contribution in [0.3, 0.4) is 0 Å². The van der Waals surface area contributed by atoms with Gasteiger partial charge in [0.2, 0.25) is 0 Å². The van der Waals surface area contributed by atoms with Crippen molar-refractivity contribution in [2.24, 2.45) is 0 Å². The zero-order valence-corrected chi connectivity index (χ0v) is 12.2. The zero-order chi connectivity index (χ0) is 16.1. The molecular formula is C14H20F3NO3. The number of rotatable bonds is 6. The van der Waals surface area contributed by atoms with E-state index in [2.05, 4.69) is 10.1 Å². The summed E-state index contributed by atoms with van der Waals surface area (Å²) in [4.78, 5) is 0. The van der Waals surface area contributed by atoms with Crippen molar-refractivity contribution in [3.8, 4) is 11.5 Å². The van der Waals surface area contributed by atoms with E-state index < -0.39 is 12.5 Å². The third kappa shape index (κ3) is 8.41. The molecule has 0 aliphatic heterocycles. The quantitative estimate of drug-likeness (QED) is 0.848. The molecule has 0 bridgehead atoms. The molecule has 2 N–H and O–H groups in total. The van der Waals surface area contributed by atoms with Crippen molar-refractivity contribution in [1.82, 2.24) is 5.32 Å². The van der Waals surface area contributed by atoms with Crippen molar-refractivity contribution in [2.45, 2.75) is 38.8 Å². The Morgan fingerprint density at radius 2 is 1.62 bits per heavy atom. The monoisotopic (exact) mass is 307 g/mol. The van der Waals surface area contributed by atoms with Gasteiger partial charge in [-0.05, 0) is 45.0 Å². The Bertz CT molecular complexity index is 427. The van der Waals surface area contributed by atoms with Crippen LogP contribution in [-0.4, -0.2) is 36.3 Å². The highest BCUT2D eigenvalue weighted by Crippen LogP contribution is 2.24. The fourth-order valence-electron chi connectivity index (χ4n) is 1.41. The van der Waals surface area contributed by atoms with Crippen molar-refractivity contribution >= 4 is 0 Å². The minimum atomic E-state index is -4.71. The van der Waals surface area contributed by atoms with Gasteiger partial charge in [0.1, 0.15) is 24.2 Å². The molecule has 0 aromatic heterocycles. The lowest BCUT2D eigenvalue weighted by Gasteiger charge is -2.23. The lowest BCUT2D eigenvalue weighted by atomic mass is 10.1. The smallest absolute Gasteiger partial charge is 0.491 e. The van der Waals surface area contributed by atoms with E-state index in [1.807, 2.05) is 20.8 Å². The number of aliphatic hydroxyl groups is 1. The molecule has 7 heteroatoms. The maximum Gasteiger partial charge on any atom is 0.573 e. The third-order valence-corrected chi connectivity index (χ3v) is 2.37. The molecule has 0 saturated carbocycles. The molecular weight excluding hydrogens is 287 g/mol. The molecule has 0 amide bonds. The van der Waals surface area contributed by atoms with Crippen LogP contribution in [0.4, 0.5) is 13.2 Å². The van der Waals surface area contributed by atoms with Crippen molar-refractivity contribution in [3.63, 3.8) is 0 Å². The molecule has 0 saturated heterocycles. The average Bonchev–Trinajstić information content (AvgIpc) is 2.33. The van der Waals surface area contributed by atoms with E-state index in [9.17, 15) is 18.3 Å². The normalized spacial score (nSPS) is 13.9. The molecule has 1 unspecified atom stereocenters. The van der Waals surface area contributed by atoms with Gasteiger partial charge in [0.05, 0.1) is 0 Å². The van der Waals surface area contributed by atoms with Crippen LogP contribution in [-0.2, 0) is 0 Å². The molecule has 0 heterocycles. The van der Waals surface area contributed by atoms with Crippen molar-refractivity contribution in [1.29, 1.82) is 0 Å². The first-order chi connectivity index (χ1) is 9.55. The summed E-state index contributed by atoms with van der Waals surface area (Å²) >= 11 is 0. The van der Waals surface area contributed by atoms with Crippen molar-refractivity contribution in [3.05, 3.63) is 24.3 Å². The molecule has 1 aromatic carbocycles. The predicted molar refractivity (Wildman–Crippen MR) is 72.4 cm³/mol. The molecule has 4 nitrogen and oxygen atoms in total. The van der Waals surface area contributed by atoms with E-state index in [4.69, 9.17) is 4.74 Å². The van der Waals surface area contributed by atoms with Gasteiger partial charge >= 0.3 is 6.36 Å². The lowest BCUT2D eigenvalue weighted by molar-refractivity contribution is -0.274. The molecule has 120 valence electrons. The number of halogens is 3. The first kappa shape index (κ1) is 17.6. The highest BCUT2D eigenvalue weighted by molar-refractivity contribution is 5.31. The van der Waals surface area contributed by atoms with Gasteiger partial charge in [0.25, 0.3) is 0 Å². The Morgan fingerprint density at radius 1 is 1.10 bits per heavy atom. The highest BCUT2D eigenvalue weighted by Gasteiger charge is 2.30. The fraction of sp³-hybridized carbons (Fsp3) is 0.571. The number of nitrogens with one attached hydrogen (secondary N) is 1. The first-order valence-corrected chi connectivity index (χ1v) is 6.47. The summed E-state index contributed by atoms with van der Waals surface area (Å²) in [6.07, 6.45) is -5.42. The van der Waals surface area contributed by atoms with Crippen LogP contribution < -0.4 is 14.8 Å². The second-order valence-electron chi connectivity index (χ2n) is 5.61. The van der Waals surface area contributed by atoms with Crippen LogP contribution in [0, 0.1) is 0 Å². The number of benzene rings is 1. The molecule has 0 spiro atoms. The van der Waals surface area contributed by atoms with Crippen LogP contribution in [0.1, 0.15) is 20.8 Å². The standard InChI is InChI=1S/C14H20F3NO3/c1-13(2,3)18-8-10(19)9-20-11-4-6-12(7-5-11)21-14(15,16)17/h4-7,10,18-19H,8-9H2,1-3H3. The zero-order valence-electron chi connectivity index (χ0n) is 12.2. The summed E-state index contributed by atoms with van der Waals surface area (Å²) in [5.41, 5.74) is -0.114. The summed E-state index contributed by atoms with van der Waals surface area (Å²) in [6.45, 7) is 6.32. The van der Waals surface area contributed by atoms with E-state index in [0.717, 1.165) is 12.1 Å². The van der Waals surface area contributed by atoms with E-state index in [-0.39, 0.29) is 17.9 Å². The number of ether oxygens (including phenoxy) is 2. The second kappa shape index (κ2) is 7.00. The number of aliphatic hydroxyl groups excluding tert-OH is 1. The maximum atomic E-state index is 12.0. The van der Waals surface area contributed by atoms with E-state index in [0.29, 0.717) is 12.3 Å². The number of alkyl halides is 3. The van der Waals surface area contributed by atoms with E-state index >= 15 is 0 Å². The highest BCUT2D eigenvalue weighted by atomic mass is 19.4. The number of hydrogen-bond acceptors (Lipinski definition) is 4. The summed E-state index contributed by atoms with van der Waals surface area (Å²) < 4.78 is 45.0. The summed E-state index contributed by atoms with van der Waals surface area (Å²) in [7, 11) is 0. The minimum Gasteiger partial charge on any atom is -0.491 e. The molecule has 0 aliphatic rings. The predicted octanol–water partition coefficient (Wildman–Crippen LogP) is 2.71. The molecule has 21 heavy (non-hydrogen) atoms. The van der Waals surface area contributed by atoms with Crippen molar-refractivity contribution < 1.29 is 27.8 Å². The SMILES string of the molecule is CC(C)(C)NCC(O)COc1ccc(OC(F)(F)F)cc1. The molecule has 0 fully saturated rings. The molecule has 0 aliphatic carbocycles. The molecule has 0 radical (unpaired) electrons. The van der Waals surface area contributed by atoms with Crippen LogP contribution in [0.2, 0.25) is 0 Å². The van der Waals surface area contributed by atoms with Gasteiger partial charge in [-0.15, -0.1) is 13.2 Å². The Balaban J connectivity index is 2.39. The summed E-state index contributed by atoms with van der Waals surface area (Å²) in [5, 5.41) is 12.8. The number of hydrogen-bond donors (Lipinski definition) is 2. The second-order valence-corrected chi connectivity index (χ2v) is 5.61. The maximum absolute atomic E-state index is 12.0. The average molecular weight is 307 g/mol. The number of β-amino-alcohol motifs (C(OH)–C–C–N with tert-alkyl or cyclic N) is 1. The Labute approximate surface area is 121 Å². The van der Waals surface area contributed by atoms with Gasteiger partial charge in [-0.3, -0.25) is 0 Å². The van der Waals surface area contributed by atoms with Crippen LogP contribution in [0.15, 0.2) is 24.3 Å². The van der Waals surface area contributed by atoms with Crippen LogP contribution >= 0.6 is 0 Å². The van der Waals surface area contributed by atoms with Gasteiger partial charge in [-0.1, -0.05) is 0 Å². The lowest BCUT2D eigenvalue weighted by Crippen LogP contribution is -2.42. The van der Waals surface area contributed by atoms with Crippen molar-refractivity contribution in [2.75, 3.05) is 13.2 Å². The van der Waals surface area contributed by atoms with E-state index in [1.165, 1.54) is 12.1 Å².